The number of hydrogen-bond donors (Lipinski definition) is 1. The maximum absolute atomic E-state index is 4.67. The second-order valence-electron chi connectivity index (χ2n) is 5.16. The first kappa shape index (κ1) is 13.3. The topological polar surface area (TPSA) is 24.9 Å². The molecule has 1 heterocycles. The van der Waals surface area contributed by atoms with E-state index in [4.69, 9.17) is 0 Å². The predicted molar refractivity (Wildman–Crippen MR) is 76.6 cm³/mol. The van der Waals surface area contributed by atoms with Crippen LogP contribution in [0.5, 0.6) is 0 Å². The third-order valence-electron chi connectivity index (χ3n) is 3.69. The Labute approximate surface area is 111 Å². The number of likely N-dealkylation sites (N-methyl/N-ethyl adjacent to an activating group) is 1. The van der Waals surface area contributed by atoms with Crippen LogP contribution in [-0.2, 0) is 0 Å². The first-order chi connectivity index (χ1) is 8.81. The maximum atomic E-state index is 4.67. The third-order valence-corrected chi connectivity index (χ3v) is 3.69. The second kappa shape index (κ2) is 6.69. The Morgan fingerprint density at radius 3 is 2.78 bits per heavy atom. The van der Waals surface area contributed by atoms with Crippen LogP contribution >= 0.6 is 0 Å². The smallest absolute Gasteiger partial charge is 0.0708 e. The van der Waals surface area contributed by atoms with Gasteiger partial charge in [-0.15, -0.1) is 0 Å². The van der Waals surface area contributed by atoms with Crippen molar-refractivity contribution >= 4 is 0 Å². The minimum atomic E-state index is 0.294. The molecule has 2 nitrogen and oxygen atoms in total. The van der Waals surface area contributed by atoms with E-state index in [1.165, 1.54) is 44.1 Å². The molecule has 0 spiro atoms. The summed E-state index contributed by atoms with van der Waals surface area (Å²) in [6.45, 7) is 2.06. The van der Waals surface area contributed by atoms with Crippen LogP contribution in [0, 0.1) is 6.92 Å². The largest absolute Gasteiger partial charge is 0.308 e. The van der Waals surface area contributed by atoms with Gasteiger partial charge in [-0.2, -0.15) is 0 Å². The SMILES string of the molecule is CNC(/C1=C/CCCCCC1)c1cccc(C)n1. The van der Waals surface area contributed by atoms with Crippen LogP contribution in [0.1, 0.15) is 56.0 Å². The van der Waals surface area contributed by atoms with Crippen molar-refractivity contribution in [2.24, 2.45) is 0 Å². The molecular formula is C16H24N2. The molecule has 2 heteroatoms. The highest BCUT2D eigenvalue weighted by molar-refractivity contribution is 5.24. The molecule has 1 aromatic heterocycles. The van der Waals surface area contributed by atoms with Crippen molar-refractivity contribution in [3.8, 4) is 0 Å². The van der Waals surface area contributed by atoms with E-state index < -0.39 is 0 Å². The molecule has 0 aromatic carbocycles. The maximum Gasteiger partial charge on any atom is 0.0708 e. The second-order valence-corrected chi connectivity index (χ2v) is 5.16. The van der Waals surface area contributed by atoms with Crippen molar-refractivity contribution in [1.29, 1.82) is 0 Å². The van der Waals surface area contributed by atoms with Gasteiger partial charge in [0.05, 0.1) is 11.7 Å². The fraction of sp³-hybridized carbons (Fsp3) is 0.562. The van der Waals surface area contributed by atoms with Crippen molar-refractivity contribution < 1.29 is 0 Å². The van der Waals surface area contributed by atoms with Crippen molar-refractivity contribution in [2.45, 2.75) is 51.5 Å². The van der Waals surface area contributed by atoms with Crippen LogP contribution in [0.15, 0.2) is 29.8 Å². The average Bonchev–Trinajstić information content (AvgIpc) is 2.32. The van der Waals surface area contributed by atoms with Crippen molar-refractivity contribution in [2.75, 3.05) is 7.05 Å². The lowest BCUT2D eigenvalue weighted by atomic mass is 9.93. The number of nitrogens with one attached hydrogen (secondary N) is 1. The summed E-state index contributed by atoms with van der Waals surface area (Å²) >= 11 is 0. The quantitative estimate of drug-likeness (QED) is 0.815. The molecule has 1 atom stereocenters. The lowest BCUT2D eigenvalue weighted by Gasteiger charge is -2.21. The van der Waals surface area contributed by atoms with Gasteiger partial charge in [0, 0.05) is 5.69 Å². The van der Waals surface area contributed by atoms with E-state index in [0.29, 0.717) is 6.04 Å². The fourth-order valence-electron chi connectivity index (χ4n) is 2.73. The Hall–Kier alpha value is -1.15. The molecule has 1 N–H and O–H groups in total. The Kier molecular flexibility index (Phi) is 4.94. The highest BCUT2D eigenvalue weighted by atomic mass is 14.9. The summed E-state index contributed by atoms with van der Waals surface area (Å²) in [5.74, 6) is 0. The van der Waals surface area contributed by atoms with E-state index in [0.717, 1.165) is 11.4 Å². The van der Waals surface area contributed by atoms with Gasteiger partial charge in [0.1, 0.15) is 0 Å². The molecule has 0 saturated heterocycles. The first-order valence-electron chi connectivity index (χ1n) is 7.11. The Balaban J connectivity index is 2.21. The molecule has 0 aliphatic heterocycles. The van der Waals surface area contributed by atoms with Gasteiger partial charge in [-0.3, -0.25) is 4.98 Å². The van der Waals surface area contributed by atoms with E-state index in [2.05, 4.69) is 41.5 Å². The summed E-state index contributed by atoms with van der Waals surface area (Å²) in [4.78, 5) is 4.67. The number of allylic oxidation sites excluding steroid dienone is 1. The molecule has 0 radical (unpaired) electrons. The van der Waals surface area contributed by atoms with E-state index in [1.54, 1.807) is 0 Å². The van der Waals surface area contributed by atoms with Gasteiger partial charge in [0.2, 0.25) is 0 Å². The number of aromatic nitrogens is 1. The molecule has 1 aliphatic rings. The summed E-state index contributed by atoms with van der Waals surface area (Å²) in [7, 11) is 2.04. The molecule has 1 unspecified atom stereocenters. The highest BCUT2D eigenvalue weighted by Crippen LogP contribution is 2.27. The van der Waals surface area contributed by atoms with E-state index in [1.807, 2.05) is 7.05 Å². The lowest BCUT2D eigenvalue weighted by molar-refractivity contribution is 0.566. The van der Waals surface area contributed by atoms with Gasteiger partial charge in [0.25, 0.3) is 0 Å². The van der Waals surface area contributed by atoms with Crippen molar-refractivity contribution in [3.05, 3.63) is 41.2 Å². The number of pyridine rings is 1. The van der Waals surface area contributed by atoms with Gasteiger partial charge in [-0.05, 0) is 51.8 Å². The molecule has 0 fully saturated rings. The fourth-order valence-corrected chi connectivity index (χ4v) is 2.73. The molecule has 2 rings (SSSR count). The Morgan fingerprint density at radius 2 is 2.00 bits per heavy atom. The van der Waals surface area contributed by atoms with Crippen LogP contribution in [0.2, 0.25) is 0 Å². The van der Waals surface area contributed by atoms with Gasteiger partial charge >= 0.3 is 0 Å². The number of hydrogen-bond acceptors (Lipinski definition) is 2. The monoisotopic (exact) mass is 244 g/mol. The minimum absolute atomic E-state index is 0.294. The van der Waals surface area contributed by atoms with Crippen LogP contribution in [0.25, 0.3) is 0 Å². The highest BCUT2D eigenvalue weighted by Gasteiger charge is 2.16. The average molecular weight is 244 g/mol. The zero-order valence-electron chi connectivity index (χ0n) is 11.6. The van der Waals surface area contributed by atoms with Crippen LogP contribution in [0.4, 0.5) is 0 Å². The van der Waals surface area contributed by atoms with Crippen LogP contribution in [0.3, 0.4) is 0 Å². The molecule has 1 aromatic rings. The minimum Gasteiger partial charge on any atom is -0.308 e. The molecule has 18 heavy (non-hydrogen) atoms. The Morgan fingerprint density at radius 1 is 1.17 bits per heavy atom. The van der Waals surface area contributed by atoms with Crippen molar-refractivity contribution in [1.82, 2.24) is 10.3 Å². The Bertz CT molecular complexity index is 409. The molecular weight excluding hydrogens is 220 g/mol. The molecule has 0 amide bonds. The summed E-state index contributed by atoms with van der Waals surface area (Å²) in [5, 5.41) is 3.43. The van der Waals surface area contributed by atoms with Gasteiger partial charge in [-0.25, -0.2) is 0 Å². The number of rotatable bonds is 3. The number of nitrogens with zero attached hydrogens (tertiary/aromatic N) is 1. The predicted octanol–water partition coefficient (Wildman–Crippen LogP) is 3.93. The third kappa shape index (κ3) is 3.42. The van der Waals surface area contributed by atoms with Gasteiger partial charge < -0.3 is 5.32 Å². The summed E-state index contributed by atoms with van der Waals surface area (Å²) < 4.78 is 0. The van der Waals surface area contributed by atoms with Gasteiger partial charge in [-0.1, -0.05) is 30.6 Å². The molecule has 0 saturated carbocycles. The molecule has 1 aliphatic carbocycles. The standard InChI is InChI=1S/C16H24N2/c1-13-9-8-12-15(18-13)16(17-2)14-10-6-4-3-5-7-11-14/h8-10,12,16-17H,3-7,11H2,1-2H3/b14-10+. The van der Waals surface area contributed by atoms with E-state index >= 15 is 0 Å². The first-order valence-corrected chi connectivity index (χ1v) is 7.11. The van der Waals surface area contributed by atoms with Crippen molar-refractivity contribution in [3.63, 3.8) is 0 Å². The molecule has 0 bridgehead atoms. The molecule has 98 valence electrons. The van der Waals surface area contributed by atoms with Crippen LogP contribution < -0.4 is 5.32 Å². The lowest BCUT2D eigenvalue weighted by Crippen LogP contribution is -2.20. The van der Waals surface area contributed by atoms with E-state index in [9.17, 15) is 0 Å². The summed E-state index contributed by atoms with van der Waals surface area (Å²) in [6, 6.07) is 6.59. The normalized spacial score (nSPS) is 21.6. The van der Waals surface area contributed by atoms with Gasteiger partial charge in [0.15, 0.2) is 0 Å². The summed E-state index contributed by atoms with van der Waals surface area (Å²) in [6.07, 6.45) is 10.3. The summed E-state index contributed by atoms with van der Waals surface area (Å²) in [5.41, 5.74) is 3.78. The zero-order valence-corrected chi connectivity index (χ0v) is 11.6. The van der Waals surface area contributed by atoms with E-state index in [-0.39, 0.29) is 0 Å². The zero-order chi connectivity index (χ0) is 12.8. The van der Waals surface area contributed by atoms with Crippen LogP contribution in [-0.4, -0.2) is 12.0 Å². The number of aryl methyl sites for hydroxylation is 1.